The number of benzene rings is 1. The Morgan fingerprint density at radius 2 is 2.04 bits per heavy atom. The largest absolute Gasteiger partial charge is 0.493 e. The minimum atomic E-state index is -0.0451. The van der Waals surface area contributed by atoms with E-state index in [1.54, 1.807) is 6.07 Å². The standard InChI is InChI=1S/C18H24N4O3/c1-2-25-17-6-4-3-5-14(17)15-13-16(20-19-15)18(24)22-9-7-21(8-10-22)11-12-23/h3-6,13,23H,2,7-12H2,1H3,(H,19,20). The van der Waals surface area contributed by atoms with E-state index < -0.39 is 0 Å². The van der Waals surface area contributed by atoms with Gasteiger partial charge in [-0.3, -0.25) is 14.8 Å². The lowest BCUT2D eigenvalue weighted by Gasteiger charge is -2.34. The van der Waals surface area contributed by atoms with Crippen molar-refractivity contribution in [3.05, 3.63) is 36.0 Å². The third-order valence-corrected chi connectivity index (χ3v) is 4.35. The number of H-pyrrole nitrogens is 1. The molecule has 2 N–H and O–H groups in total. The maximum atomic E-state index is 12.7. The lowest BCUT2D eigenvalue weighted by atomic mass is 10.1. The van der Waals surface area contributed by atoms with Crippen LogP contribution in [0.3, 0.4) is 0 Å². The van der Waals surface area contributed by atoms with Gasteiger partial charge < -0.3 is 14.7 Å². The second-order valence-electron chi connectivity index (χ2n) is 5.95. The molecule has 1 saturated heterocycles. The molecule has 1 aromatic heterocycles. The molecule has 1 aromatic carbocycles. The predicted octanol–water partition coefficient (Wildman–Crippen LogP) is 1.23. The molecule has 1 aliphatic rings. The van der Waals surface area contributed by atoms with Gasteiger partial charge in [-0.05, 0) is 25.1 Å². The monoisotopic (exact) mass is 344 g/mol. The Morgan fingerprint density at radius 3 is 2.76 bits per heavy atom. The van der Waals surface area contributed by atoms with Crippen LogP contribution in [0.4, 0.5) is 0 Å². The molecule has 0 atom stereocenters. The summed E-state index contributed by atoms with van der Waals surface area (Å²) in [6.45, 7) is 6.19. The quantitative estimate of drug-likeness (QED) is 0.824. The van der Waals surface area contributed by atoms with Gasteiger partial charge in [0.1, 0.15) is 11.4 Å². The molecule has 2 heterocycles. The molecule has 1 aliphatic heterocycles. The average Bonchev–Trinajstić information content (AvgIpc) is 3.13. The SMILES string of the molecule is CCOc1ccccc1-c1cc(C(=O)N2CCN(CCO)CC2)[nH]n1. The molecule has 0 bridgehead atoms. The zero-order valence-electron chi connectivity index (χ0n) is 14.4. The molecule has 0 aliphatic carbocycles. The van der Waals surface area contributed by atoms with E-state index in [2.05, 4.69) is 15.1 Å². The number of rotatable bonds is 6. The Hall–Kier alpha value is -2.38. The van der Waals surface area contributed by atoms with Crippen LogP contribution in [0.25, 0.3) is 11.3 Å². The van der Waals surface area contributed by atoms with Crippen LogP contribution in [0.1, 0.15) is 17.4 Å². The maximum absolute atomic E-state index is 12.7. The number of carbonyl (C=O) groups is 1. The van der Waals surface area contributed by atoms with Crippen molar-refractivity contribution in [1.82, 2.24) is 20.0 Å². The second kappa shape index (κ2) is 8.13. The first kappa shape index (κ1) is 17.4. The number of ether oxygens (including phenoxy) is 1. The third-order valence-electron chi connectivity index (χ3n) is 4.35. The molecule has 7 nitrogen and oxygen atoms in total. The number of amides is 1. The van der Waals surface area contributed by atoms with E-state index in [0.29, 0.717) is 37.6 Å². The van der Waals surface area contributed by atoms with E-state index in [0.717, 1.165) is 24.4 Å². The van der Waals surface area contributed by atoms with Crippen molar-refractivity contribution >= 4 is 5.91 Å². The van der Waals surface area contributed by atoms with E-state index in [1.165, 1.54) is 0 Å². The summed E-state index contributed by atoms with van der Waals surface area (Å²) in [6, 6.07) is 9.45. The first-order valence-corrected chi connectivity index (χ1v) is 8.63. The van der Waals surface area contributed by atoms with Crippen LogP contribution in [0.2, 0.25) is 0 Å². The van der Waals surface area contributed by atoms with Gasteiger partial charge in [0.25, 0.3) is 5.91 Å². The topological polar surface area (TPSA) is 81.7 Å². The van der Waals surface area contributed by atoms with E-state index >= 15 is 0 Å². The number of piperazine rings is 1. The fourth-order valence-electron chi connectivity index (χ4n) is 3.02. The van der Waals surface area contributed by atoms with Gasteiger partial charge >= 0.3 is 0 Å². The minimum absolute atomic E-state index is 0.0451. The van der Waals surface area contributed by atoms with Gasteiger partial charge in [0.05, 0.1) is 18.9 Å². The first-order chi connectivity index (χ1) is 12.2. The highest BCUT2D eigenvalue weighted by Crippen LogP contribution is 2.28. The molecule has 2 aromatic rings. The van der Waals surface area contributed by atoms with Crippen molar-refractivity contribution < 1.29 is 14.6 Å². The number of hydrogen-bond donors (Lipinski definition) is 2. The summed E-state index contributed by atoms with van der Waals surface area (Å²) in [5.41, 5.74) is 2.05. The first-order valence-electron chi connectivity index (χ1n) is 8.63. The summed E-state index contributed by atoms with van der Waals surface area (Å²) in [5, 5.41) is 16.1. The van der Waals surface area contributed by atoms with Crippen LogP contribution in [-0.4, -0.2) is 76.9 Å². The van der Waals surface area contributed by atoms with Gasteiger partial charge in [-0.2, -0.15) is 5.10 Å². The van der Waals surface area contributed by atoms with Gasteiger partial charge in [-0.25, -0.2) is 0 Å². The van der Waals surface area contributed by atoms with Crippen molar-refractivity contribution in [3.8, 4) is 17.0 Å². The number of hydrogen-bond acceptors (Lipinski definition) is 5. The van der Waals surface area contributed by atoms with Crippen LogP contribution < -0.4 is 4.74 Å². The fraction of sp³-hybridized carbons (Fsp3) is 0.444. The molecular weight excluding hydrogens is 320 g/mol. The van der Waals surface area contributed by atoms with E-state index in [1.807, 2.05) is 36.1 Å². The summed E-state index contributed by atoms with van der Waals surface area (Å²) in [4.78, 5) is 16.6. The number of β-amino-alcohol motifs (C(OH)–C–C–N with tert-alkyl or cyclic N) is 1. The number of nitrogens with one attached hydrogen (secondary N) is 1. The van der Waals surface area contributed by atoms with Crippen molar-refractivity contribution in [2.24, 2.45) is 0 Å². The normalized spacial score (nSPS) is 15.4. The van der Waals surface area contributed by atoms with Crippen LogP contribution in [0.5, 0.6) is 5.75 Å². The summed E-state index contributed by atoms with van der Waals surface area (Å²) >= 11 is 0. The third kappa shape index (κ3) is 4.00. The minimum Gasteiger partial charge on any atom is -0.493 e. The van der Waals surface area contributed by atoms with Gasteiger partial charge in [-0.1, -0.05) is 12.1 Å². The average molecular weight is 344 g/mol. The zero-order valence-corrected chi connectivity index (χ0v) is 14.4. The number of aromatic amines is 1. The number of aromatic nitrogens is 2. The molecule has 3 rings (SSSR count). The fourth-order valence-corrected chi connectivity index (χ4v) is 3.02. The highest BCUT2D eigenvalue weighted by atomic mass is 16.5. The maximum Gasteiger partial charge on any atom is 0.271 e. The van der Waals surface area contributed by atoms with Crippen molar-refractivity contribution in [1.29, 1.82) is 0 Å². The Balaban J connectivity index is 1.71. The molecule has 0 radical (unpaired) electrons. The molecule has 0 saturated carbocycles. The van der Waals surface area contributed by atoms with Crippen LogP contribution >= 0.6 is 0 Å². The molecule has 134 valence electrons. The predicted molar refractivity (Wildman–Crippen MR) is 94.6 cm³/mol. The van der Waals surface area contributed by atoms with Crippen molar-refractivity contribution in [3.63, 3.8) is 0 Å². The van der Waals surface area contributed by atoms with Crippen molar-refractivity contribution in [2.45, 2.75) is 6.92 Å². The molecule has 0 unspecified atom stereocenters. The lowest BCUT2D eigenvalue weighted by Crippen LogP contribution is -2.49. The molecule has 7 heteroatoms. The number of para-hydroxylation sites is 1. The number of aliphatic hydroxyl groups excluding tert-OH is 1. The highest BCUT2D eigenvalue weighted by molar-refractivity contribution is 5.93. The van der Waals surface area contributed by atoms with E-state index in [9.17, 15) is 4.79 Å². The van der Waals surface area contributed by atoms with Gasteiger partial charge in [0, 0.05) is 38.3 Å². The van der Waals surface area contributed by atoms with Gasteiger partial charge in [0.15, 0.2) is 0 Å². The number of carbonyl (C=O) groups excluding carboxylic acids is 1. The lowest BCUT2D eigenvalue weighted by molar-refractivity contribution is 0.0609. The Labute approximate surface area is 147 Å². The second-order valence-corrected chi connectivity index (χ2v) is 5.95. The Kier molecular flexibility index (Phi) is 5.67. The summed E-state index contributed by atoms with van der Waals surface area (Å²) in [5.74, 6) is 0.712. The molecule has 25 heavy (non-hydrogen) atoms. The van der Waals surface area contributed by atoms with Crippen LogP contribution in [-0.2, 0) is 0 Å². The van der Waals surface area contributed by atoms with Crippen molar-refractivity contribution in [2.75, 3.05) is 45.9 Å². The smallest absolute Gasteiger partial charge is 0.271 e. The molecule has 0 spiro atoms. The van der Waals surface area contributed by atoms with E-state index in [-0.39, 0.29) is 12.5 Å². The highest BCUT2D eigenvalue weighted by Gasteiger charge is 2.23. The number of nitrogens with zero attached hydrogens (tertiary/aromatic N) is 3. The zero-order chi connectivity index (χ0) is 17.6. The van der Waals surface area contributed by atoms with Crippen LogP contribution in [0.15, 0.2) is 30.3 Å². The summed E-state index contributed by atoms with van der Waals surface area (Å²) < 4.78 is 5.64. The number of aliphatic hydroxyl groups is 1. The molecule has 1 amide bonds. The summed E-state index contributed by atoms with van der Waals surface area (Å²) in [6.07, 6.45) is 0. The van der Waals surface area contributed by atoms with Gasteiger partial charge in [-0.15, -0.1) is 0 Å². The molecular formula is C18H24N4O3. The van der Waals surface area contributed by atoms with Crippen LogP contribution in [0, 0.1) is 0 Å². The Bertz CT molecular complexity index is 708. The molecule has 1 fully saturated rings. The van der Waals surface area contributed by atoms with E-state index in [4.69, 9.17) is 9.84 Å². The van der Waals surface area contributed by atoms with Gasteiger partial charge in [0.2, 0.25) is 0 Å². The Morgan fingerprint density at radius 1 is 1.28 bits per heavy atom. The summed E-state index contributed by atoms with van der Waals surface area (Å²) in [7, 11) is 0.